The van der Waals surface area contributed by atoms with E-state index in [1.54, 1.807) is 0 Å². The summed E-state index contributed by atoms with van der Waals surface area (Å²) in [4.78, 5) is 5.34. The fourth-order valence-corrected chi connectivity index (χ4v) is 4.56. The maximum absolute atomic E-state index is 6.29. The van der Waals surface area contributed by atoms with Crippen LogP contribution in [0.5, 0.6) is 0 Å². The first-order valence-electron chi connectivity index (χ1n) is 8.61. The van der Waals surface area contributed by atoms with Crippen LogP contribution in [0.4, 0.5) is 0 Å². The van der Waals surface area contributed by atoms with Gasteiger partial charge in [-0.1, -0.05) is 27.7 Å². The SMILES string of the molecule is CCCN1CCN(C2(CN)CCC(C)(C)CC2C)CC1. The van der Waals surface area contributed by atoms with Gasteiger partial charge in [-0.15, -0.1) is 0 Å². The maximum atomic E-state index is 6.29. The van der Waals surface area contributed by atoms with Gasteiger partial charge in [0.05, 0.1) is 0 Å². The van der Waals surface area contributed by atoms with Crippen LogP contribution in [-0.2, 0) is 0 Å². The molecule has 0 bridgehead atoms. The monoisotopic (exact) mass is 281 g/mol. The summed E-state index contributed by atoms with van der Waals surface area (Å²) in [5.74, 6) is 0.717. The molecule has 1 aliphatic heterocycles. The van der Waals surface area contributed by atoms with E-state index in [1.165, 1.54) is 58.4 Å². The van der Waals surface area contributed by atoms with Crippen LogP contribution < -0.4 is 5.73 Å². The molecule has 1 heterocycles. The largest absolute Gasteiger partial charge is 0.329 e. The predicted molar refractivity (Wildman–Crippen MR) is 86.9 cm³/mol. The minimum atomic E-state index is 0.272. The van der Waals surface area contributed by atoms with E-state index in [-0.39, 0.29) is 5.54 Å². The normalized spacial score (nSPS) is 36.1. The zero-order valence-corrected chi connectivity index (χ0v) is 14.1. The Morgan fingerprint density at radius 2 is 1.75 bits per heavy atom. The Morgan fingerprint density at radius 1 is 1.10 bits per heavy atom. The van der Waals surface area contributed by atoms with Crippen molar-refractivity contribution in [3.8, 4) is 0 Å². The molecule has 3 nitrogen and oxygen atoms in total. The van der Waals surface area contributed by atoms with Gasteiger partial charge in [0, 0.05) is 38.3 Å². The highest BCUT2D eigenvalue weighted by atomic mass is 15.3. The zero-order chi connectivity index (χ0) is 14.8. The van der Waals surface area contributed by atoms with Gasteiger partial charge in [-0.05, 0) is 43.6 Å². The number of hydrogen-bond donors (Lipinski definition) is 1. The molecule has 2 N–H and O–H groups in total. The van der Waals surface area contributed by atoms with Crippen LogP contribution in [0.3, 0.4) is 0 Å². The van der Waals surface area contributed by atoms with Crippen molar-refractivity contribution in [3.63, 3.8) is 0 Å². The van der Waals surface area contributed by atoms with E-state index < -0.39 is 0 Å². The molecule has 0 radical (unpaired) electrons. The quantitative estimate of drug-likeness (QED) is 0.859. The van der Waals surface area contributed by atoms with Crippen molar-refractivity contribution in [1.82, 2.24) is 9.80 Å². The van der Waals surface area contributed by atoms with E-state index in [9.17, 15) is 0 Å². The summed E-state index contributed by atoms with van der Waals surface area (Å²) in [6, 6.07) is 0. The van der Waals surface area contributed by atoms with Gasteiger partial charge < -0.3 is 10.6 Å². The van der Waals surface area contributed by atoms with Crippen molar-refractivity contribution < 1.29 is 0 Å². The van der Waals surface area contributed by atoms with E-state index in [1.807, 2.05) is 0 Å². The van der Waals surface area contributed by atoms with Crippen molar-refractivity contribution in [2.24, 2.45) is 17.1 Å². The third-order valence-electron chi connectivity index (χ3n) is 5.91. The Bertz CT molecular complexity index is 307. The first-order chi connectivity index (χ1) is 9.43. The standard InChI is InChI=1S/C17H35N3/c1-5-8-19-9-11-20(12-10-19)17(14-18)7-6-16(3,4)13-15(17)2/h15H,5-14,18H2,1-4H3. The average Bonchev–Trinajstić information content (AvgIpc) is 2.40. The molecular weight excluding hydrogens is 246 g/mol. The van der Waals surface area contributed by atoms with Crippen LogP contribution in [0, 0.1) is 11.3 Å². The highest BCUT2D eigenvalue weighted by Crippen LogP contribution is 2.46. The zero-order valence-electron chi connectivity index (χ0n) is 14.1. The lowest BCUT2D eigenvalue weighted by molar-refractivity contribution is -0.0449. The van der Waals surface area contributed by atoms with Gasteiger partial charge in [0.25, 0.3) is 0 Å². The van der Waals surface area contributed by atoms with E-state index in [2.05, 4.69) is 37.5 Å². The summed E-state index contributed by atoms with van der Waals surface area (Å²) in [6.07, 6.45) is 5.20. The molecule has 1 saturated heterocycles. The first kappa shape index (κ1) is 16.3. The molecule has 0 aromatic carbocycles. The molecule has 1 saturated carbocycles. The summed E-state index contributed by atoms with van der Waals surface area (Å²) in [7, 11) is 0. The minimum absolute atomic E-state index is 0.272. The number of nitrogens with two attached hydrogens (primary N) is 1. The van der Waals surface area contributed by atoms with Gasteiger partial charge in [0.15, 0.2) is 0 Å². The molecule has 2 unspecified atom stereocenters. The van der Waals surface area contributed by atoms with E-state index in [4.69, 9.17) is 5.73 Å². The first-order valence-corrected chi connectivity index (χ1v) is 8.61. The fraction of sp³-hybridized carbons (Fsp3) is 1.00. The topological polar surface area (TPSA) is 32.5 Å². The Hall–Kier alpha value is -0.120. The van der Waals surface area contributed by atoms with Gasteiger partial charge in [0.1, 0.15) is 0 Å². The molecule has 2 aliphatic rings. The number of hydrogen-bond acceptors (Lipinski definition) is 3. The summed E-state index contributed by atoms with van der Waals surface area (Å²) in [5, 5.41) is 0. The van der Waals surface area contributed by atoms with E-state index in [0.29, 0.717) is 11.3 Å². The molecule has 1 aliphatic carbocycles. The van der Waals surface area contributed by atoms with Gasteiger partial charge in [-0.3, -0.25) is 4.90 Å². The Morgan fingerprint density at radius 3 is 2.25 bits per heavy atom. The van der Waals surface area contributed by atoms with Gasteiger partial charge in [0.2, 0.25) is 0 Å². The molecule has 0 spiro atoms. The third-order valence-corrected chi connectivity index (χ3v) is 5.91. The predicted octanol–water partition coefficient (Wildman–Crippen LogP) is 2.56. The molecule has 3 heteroatoms. The molecule has 118 valence electrons. The molecule has 2 fully saturated rings. The maximum Gasteiger partial charge on any atom is 0.0358 e. The number of rotatable bonds is 4. The number of piperazine rings is 1. The lowest BCUT2D eigenvalue weighted by Crippen LogP contribution is -2.65. The smallest absolute Gasteiger partial charge is 0.0358 e. The van der Waals surface area contributed by atoms with E-state index in [0.717, 1.165) is 6.54 Å². The lowest BCUT2D eigenvalue weighted by Gasteiger charge is -2.55. The van der Waals surface area contributed by atoms with Gasteiger partial charge in [-0.25, -0.2) is 0 Å². The van der Waals surface area contributed by atoms with Crippen molar-refractivity contribution in [2.45, 2.75) is 58.9 Å². The van der Waals surface area contributed by atoms with Crippen LogP contribution in [0.1, 0.15) is 53.4 Å². The van der Waals surface area contributed by atoms with Gasteiger partial charge >= 0.3 is 0 Å². The average molecular weight is 281 g/mol. The fourth-order valence-electron chi connectivity index (χ4n) is 4.56. The molecule has 2 atom stereocenters. The molecule has 0 amide bonds. The summed E-state index contributed by atoms with van der Waals surface area (Å²) >= 11 is 0. The highest BCUT2D eigenvalue weighted by Gasteiger charge is 2.47. The van der Waals surface area contributed by atoms with Crippen LogP contribution in [0.25, 0.3) is 0 Å². The molecule has 0 aromatic rings. The van der Waals surface area contributed by atoms with Crippen molar-refractivity contribution >= 4 is 0 Å². The molecule has 2 rings (SSSR count). The third kappa shape index (κ3) is 3.20. The second kappa shape index (κ2) is 6.33. The van der Waals surface area contributed by atoms with Crippen LogP contribution in [0.15, 0.2) is 0 Å². The Balaban J connectivity index is 2.02. The number of nitrogens with zero attached hydrogens (tertiary/aromatic N) is 2. The van der Waals surface area contributed by atoms with Crippen LogP contribution in [-0.4, -0.2) is 54.6 Å². The highest BCUT2D eigenvalue weighted by molar-refractivity contribution is 5.03. The van der Waals surface area contributed by atoms with Crippen molar-refractivity contribution in [2.75, 3.05) is 39.3 Å². The van der Waals surface area contributed by atoms with Crippen molar-refractivity contribution in [1.29, 1.82) is 0 Å². The van der Waals surface area contributed by atoms with Crippen LogP contribution in [0.2, 0.25) is 0 Å². The second-order valence-electron chi connectivity index (χ2n) is 7.91. The molecule has 20 heavy (non-hydrogen) atoms. The second-order valence-corrected chi connectivity index (χ2v) is 7.91. The Kier molecular flexibility index (Phi) is 5.14. The van der Waals surface area contributed by atoms with Crippen LogP contribution >= 0.6 is 0 Å². The minimum Gasteiger partial charge on any atom is -0.329 e. The molecule has 0 aromatic heterocycles. The summed E-state index contributed by atoms with van der Waals surface area (Å²) in [5.41, 5.74) is 7.06. The Labute approximate surface area is 125 Å². The van der Waals surface area contributed by atoms with Gasteiger partial charge in [-0.2, -0.15) is 0 Å². The van der Waals surface area contributed by atoms with Crippen molar-refractivity contribution in [3.05, 3.63) is 0 Å². The summed E-state index contributed by atoms with van der Waals surface area (Å²) < 4.78 is 0. The molecular formula is C17H35N3. The lowest BCUT2D eigenvalue weighted by atomic mass is 9.63. The summed E-state index contributed by atoms with van der Waals surface area (Å²) in [6.45, 7) is 16.5. The van der Waals surface area contributed by atoms with E-state index >= 15 is 0 Å².